The second-order valence-electron chi connectivity index (χ2n) is 8.93. The molecule has 0 amide bonds. The van der Waals surface area contributed by atoms with Gasteiger partial charge in [-0.05, 0) is 63.6 Å². The van der Waals surface area contributed by atoms with Gasteiger partial charge in [-0.3, -0.25) is 8.75 Å². The van der Waals surface area contributed by atoms with Crippen LogP contribution in [0.15, 0.2) is 42.5 Å². The maximum Gasteiger partial charge on any atom is 0.351 e. The van der Waals surface area contributed by atoms with Gasteiger partial charge < -0.3 is 13.8 Å². The van der Waals surface area contributed by atoms with Crippen LogP contribution in [0.4, 0.5) is 8.78 Å². The smallest absolute Gasteiger partial charge is 0.351 e. The summed E-state index contributed by atoms with van der Waals surface area (Å²) in [6.07, 6.45) is 4.45. The Morgan fingerprint density at radius 2 is 1.59 bits per heavy atom. The van der Waals surface area contributed by atoms with E-state index in [1.165, 1.54) is 0 Å². The highest BCUT2D eigenvalue weighted by molar-refractivity contribution is 7.94. The van der Waals surface area contributed by atoms with Crippen molar-refractivity contribution >= 4 is 17.7 Å². The van der Waals surface area contributed by atoms with Gasteiger partial charge in [0.2, 0.25) is 0 Å². The first kappa shape index (κ1) is 29.7. The number of benzene rings is 2. The van der Waals surface area contributed by atoms with E-state index in [4.69, 9.17) is 18.0 Å². The molecule has 0 radical (unpaired) electrons. The lowest BCUT2D eigenvalue weighted by Gasteiger charge is -2.28. The molecular formula is C26H35F2O7PS. The largest absolute Gasteiger partial charge is 0.457 e. The molecule has 2 aromatic rings. The number of halogens is 2. The minimum Gasteiger partial charge on any atom is -0.457 e. The van der Waals surface area contributed by atoms with Crippen molar-refractivity contribution in [3.05, 3.63) is 59.7 Å². The van der Waals surface area contributed by atoms with Crippen molar-refractivity contribution in [2.24, 2.45) is 0 Å². The van der Waals surface area contributed by atoms with E-state index < -0.39 is 40.4 Å². The predicted molar refractivity (Wildman–Crippen MR) is 137 cm³/mol. The summed E-state index contributed by atoms with van der Waals surface area (Å²) in [4.78, 5) is -1.45. The quantitative estimate of drug-likeness (QED) is 0.176. The Balaban J connectivity index is 1.73. The van der Waals surface area contributed by atoms with Crippen LogP contribution in [0.2, 0.25) is 0 Å². The zero-order valence-electron chi connectivity index (χ0n) is 21.2. The van der Waals surface area contributed by atoms with Crippen molar-refractivity contribution in [2.75, 3.05) is 13.2 Å². The predicted octanol–water partition coefficient (Wildman–Crippen LogP) is 7.35. The highest BCUT2D eigenvalue weighted by atomic mass is 32.2. The molecule has 37 heavy (non-hydrogen) atoms. The molecule has 1 unspecified atom stereocenters. The van der Waals surface area contributed by atoms with Crippen molar-refractivity contribution in [2.45, 2.75) is 76.3 Å². The van der Waals surface area contributed by atoms with Gasteiger partial charge >= 0.3 is 7.60 Å². The van der Waals surface area contributed by atoms with Gasteiger partial charge in [-0.15, -0.1) is 0 Å². The zero-order chi connectivity index (χ0) is 26.9. The minimum atomic E-state index is -4.24. The molecule has 206 valence electrons. The summed E-state index contributed by atoms with van der Waals surface area (Å²) in [7, 11) is -8.26. The molecule has 0 saturated heterocycles. The van der Waals surface area contributed by atoms with Crippen molar-refractivity contribution in [1.82, 2.24) is 0 Å². The lowest BCUT2D eigenvalue weighted by atomic mass is 9.98. The Hall–Kier alpha value is -1.84. The molecule has 1 aliphatic carbocycles. The molecule has 0 N–H and O–H groups in total. The Bertz CT molecular complexity index is 1140. The molecular weight excluding hydrogens is 525 g/mol. The molecule has 0 aromatic heterocycles. The Labute approximate surface area is 218 Å². The third kappa shape index (κ3) is 8.86. The van der Waals surface area contributed by atoms with Crippen LogP contribution in [0.3, 0.4) is 0 Å². The van der Waals surface area contributed by atoms with Gasteiger partial charge in [0.05, 0.1) is 19.3 Å². The van der Waals surface area contributed by atoms with E-state index in [9.17, 15) is 21.8 Å². The van der Waals surface area contributed by atoms with E-state index in [1.54, 1.807) is 32.0 Å². The highest BCUT2D eigenvalue weighted by Gasteiger charge is 2.46. The van der Waals surface area contributed by atoms with Crippen molar-refractivity contribution in [3.8, 4) is 11.5 Å². The molecule has 11 heteroatoms. The lowest BCUT2D eigenvalue weighted by Crippen LogP contribution is -2.31. The summed E-state index contributed by atoms with van der Waals surface area (Å²) in [5.41, 5.74) is 0.807. The van der Waals surface area contributed by atoms with Crippen LogP contribution >= 0.6 is 7.60 Å². The fourth-order valence-electron chi connectivity index (χ4n) is 4.41. The maximum atomic E-state index is 13.6. The highest BCUT2D eigenvalue weighted by Crippen LogP contribution is 2.57. The third-order valence-electron chi connectivity index (χ3n) is 6.01. The summed E-state index contributed by atoms with van der Waals surface area (Å²) in [5.74, 6) is -1.10. The molecule has 3 rings (SSSR count). The van der Waals surface area contributed by atoms with Crippen molar-refractivity contribution < 1.29 is 39.7 Å². The van der Waals surface area contributed by atoms with Crippen LogP contribution in [0, 0.1) is 11.6 Å². The average molecular weight is 561 g/mol. The second kappa shape index (κ2) is 13.8. The van der Waals surface area contributed by atoms with E-state index in [0.29, 0.717) is 31.4 Å². The fraction of sp³-hybridized carbons (Fsp3) is 0.538. The van der Waals surface area contributed by atoms with Crippen molar-refractivity contribution in [3.63, 3.8) is 0 Å². The fourth-order valence-corrected chi connectivity index (χ4v) is 8.97. The first-order valence-electron chi connectivity index (χ1n) is 12.7. The van der Waals surface area contributed by atoms with E-state index in [0.717, 1.165) is 43.0 Å². The standard InChI is InChI=1S/C26H35F2O7PS/c1-3-32-36(29,33-4-2)26(37(30,31)35-23-12-6-5-7-13-23)15-9-11-20-10-8-14-24(16-20)34-25-18-21(27)17-22(28)19-25/h8,10,14,16-19,23,26H,3-7,9,11-13,15H2,1-2H3. The minimum absolute atomic E-state index is 0.00647. The zero-order valence-corrected chi connectivity index (χ0v) is 22.9. The van der Waals surface area contributed by atoms with Crippen LogP contribution in [0.5, 0.6) is 11.5 Å². The topological polar surface area (TPSA) is 88.1 Å². The molecule has 0 spiro atoms. The average Bonchev–Trinajstić information content (AvgIpc) is 2.82. The van der Waals surface area contributed by atoms with E-state index in [1.807, 2.05) is 6.07 Å². The first-order chi connectivity index (χ1) is 17.6. The number of ether oxygens (including phenoxy) is 1. The van der Waals surface area contributed by atoms with Crippen molar-refractivity contribution in [1.29, 1.82) is 0 Å². The number of hydrogen-bond acceptors (Lipinski definition) is 7. The summed E-state index contributed by atoms with van der Waals surface area (Å²) in [5, 5.41) is 0. The van der Waals surface area contributed by atoms with Crippen LogP contribution < -0.4 is 4.74 Å². The molecule has 0 heterocycles. The van der Waals surface area contributed by atoms with Gasteiger partial charge in [0.1, 0.15) is 23.1 Å². The van der Waals surface area contributed by atoms with Gasteiger partial charge in [0, 0.05) is 18.2 Å². The maximum absolute atomic E-state index is 13.6. The summed E-state index contributed by atoms with van der Waals surface area (Å²) in [6, 6.07) is 9.82. The SMILES string of the molecule is CCOP(=O)(OCC)C(CCCc1cccc(Oc2cc(F)cc(F)c2)c1)S(=O)(=O)OC1CCCCC1. The Morgan fingerprint density at radius 3 is 2.22 bits per heavy atom. The summed E-state index contributed by atoms with van der Waals surface area (Å²) in [6.45, 7) is 3.33. The van der Waals surface area contributed by atoms with Gasteiger partial charge in [-0.2, -0.15) is 8.42 Å². The van der Waals surface area contributed by atoms with E-state index in [2.05, 4.69) is 0 Å². The van der Waals surface area contributed by atoms with E-state index in [-0.39, 0.29) is 25.4 Å². The lowest BCUT2D eigenvalue weighted by molar-refractivity contribution is 0.158. The first-order valence-corrected chi connectivity index (χ1v) is 15.8. The molecule has 1 aliphatic rings. The van der Waals surface area contributed by atoms with Gasteiger partial charge in [0.25, 0.3) is 10.1 Å². The monoisotopic (exact) mass is 560 g/mol. The molecule has 1 saturated carbocycles. The number of hydrogen-bond donors (Lipinski definition) is 0. The van der Waals surface area contributed by atoms with Gasteiger partial charge in [0.15, 0.2) is 4.99 Å². The molecule has 2 aromatic carbocycles. The number of rotatable bonds is 14. The molecule has 0 bridgehead atoms. The van der Waals surface area contributed by atoms with Crippen LogP contribution in [0.1, 0.15) is 64.4 Å². The number of aryl methyl sites for hydroxylation is 1. The third-order valence-corrected chi connectivity index (χ3v) is 11.2. The van der Waals surface area contributed by atoms with Gasteiger partial charge in [-0.25, -0.2) is 8.78 Å². The Morgan fingerprint density at radius 1 is 0.946 bits per heavy atom. The van der Waals surface area contributed by atoms with E-state index >= 15 is 0 Å². The molecule has 7 nitrogen and oxygen atoms in total. The second-order valence-corrected chi connectivity index (χ2v) is 13.2. The van der Waals surface area contributed by atoms with Crippen LogP contribution in [-0.4, -0.2) is 32.7 Å². The van der Waals surface area contributed by atoms with Crippen LogP contribution in [-0.2, 0) is 34.3 Å². The molecule has 1 atom stereocenters. The van der Waals surface area contributed by atoms with Gasteiger partial charge in [-0.1, -0.05) is 31.4 Å². The molecule has 0 aliphatic heterocycles. The Kier molecular flexibility index (Phi) is 11.1. The van der Waals surface area contributed by atoms with Crippen LogP contribution in [0.25, 0.3) is 0 Å². The molecule has 1 fully saturated rings. The summed E-state index contributed by atoms with van der Waals surface area (Å²) >= 11 is 0. The normalized spacial score (nSPS) is 16.0. The summed E-state index contributed by atoms with van der Waals surface area (Å²) < 4.78 is 89.1.